The number of hydrogen-bond donors (Lipinski definition) is 3. The molecule has 0 unspecified atom stereocenters. The fraction of sp³-hybridized carbons (Fsp3) is 0.350. The quantitative estimate of drug-likeness (QED) is 0.558. The minimum absolute atomic E-state index is 0.0502. The van der Waals surface area contributed by atoms with Gasteiger partial charge in [-0.2, -0.15) is 0 Å². The largest absolute Gasteiger partial charge is 0.442 e. The monoisotopic (exact) mass is 430 g/mol. The molecule has 3 aliphatic carbocycles. The summed E-state index contributed by atoms with van der Waals surface area (Å²) < 4.78 is 58.0. The van der Waals surface area contributed by atoms with Crippen molar-refractivity contribution in [1.82, 2.24) is 19.7 Å². The Morgan fingerprint density at radius 1 is 1.30 bits per heavy atom. The topological polar surface area (TPSA) is 144 Å². The summed E-state index contributed by atoms with van der Waals surface area (Å²) in [6.07, 6.45) is 5.69. The third-order valence-corrected chi connectivity index (χ3v) is 7.37. The molecule has 3 aliphatic rings. The second-order valence-electron chi connectivity index (χ2n) is 8.03. The average molecular weight is 431 g/mol. The number of nitrogens with two attached hydrogens (primary N) is 1. The van der Waals surface area contributed by atoms with Crippen LogP contribution in [0.15, 0.2) is 46.3 Å². The Labute approximate surface area is 177 Å². The first-order chi connectivity index (χ1) is 15.4. The number of anilines is 1. The summed E-state index contributed by atoms with van der Waals surface area (Å²) in [7, 11) is -3.99. The zero-order chi connectivity index (χ0) is 23.6. The second kappa shape index (κ2) is 6.34. The van der Waals surface area contributed by atoms with E-state index in [9.17, 15) is 13.5 Å². The van der Waals surface area contributed by atoms with E-state index in [1.807, 2.05) is 0 Å². The lowest BCUT2D eigenvalue weighted by Crippen LogP contribution is -2.58. The number of benzene rings is 1. The molecule has 0 saturated heterocycles. The normalized spacial score (nSPS) is 27.2. The van der Waals surface area contributed by atoms with Crippen molar-refractivity contribution in [2.24, 2.45) is 0 Å². The summed E-state index contributed by atoms with van der Waals surface area (Å²) in [5.41, 5.74) is 4.72. The van der Waals surface area contributed by atoms with Gasteiger partial charge in [0.05, 0.1) is 28.6 Å². The van der Waals surface area contributed by atoms with Crippen LogP contribution in [0.3, 0.4) is 0 Å². The van der Waals surface area contributed by atoms with E-state index in [2.05, 4.69) is 19.7 Å². The predicted molar refractivity (Wildman–Crippen MR) is 109 cm³/mol. The maximum atomic E-state index is 13.2. The molecule has 2 heterocycles. The smallest absolute Gasteiger partial charge is 0.241 e. The summed E-state index contributed by atoms with van der Waals surface area (Å²) >= 11 is 0. The molecule has 0 amide bonds. The van der Waals surface area contributed by atoms with Gasteiger partial charge in [-0.1, -0.05) is 6.07 Å². The van der Waals surface area contributed by atoms with E-state index >= 15 is 0 Å². The van der Waals surface area contributed by atoms with Crippen molar-refractivity contribution >= 4 is 15.8 Å². The molecule has 2 aromatic heterocycles. The maximum Gasteiger partial charge on any atom is 0.241 e. The SMILES string of the molecule is [2H]C([2H])([2H])c1ccc(S(=O)(=O)NC23CCC(O)(C2)C3)cc1-c1cnc(N)c(-c2cnco2)n1. The molecule has 156 valence electrons. The minimum atomic E-state index is -3.99. The highest BCUT2D eigenvalue weighted by atomic mass is 32.2. The zero-order valence-electron chi connectivity index (χ0n) is 18.8. The summed E-state index contributed by atoms with van der Waals surface area (Å²) in [6.45, 7) is -2.53. The molecule has 10 heteroatoms. The van der Waals surface area contributed by atoms with Crippen LogP contribution in [0.1, 0.15) is 35.4 Å². The van der Waals surface area contributed by atoms with Crippen LogP contribution in [-0.2, 0) is 10.0 Å². The molecular formula is C20H21N5O4S. The molecule has 6 rings (SSSR count). The molecule has 0 atom stereocenters. The maximum absolute atomic E-state index is 13.2. The number of nitrogens with one attached hydrogen (secondary N) is 1. The van der Waals surface area contributed by atoms with Crippen molar-refractivity contribution in [1.29, 1.82) is 0 Å². The standard InChI is InChI=1S/C20H21N5O4S/c1-12-2-3-13(30(27,28)25-19-4-5-20(26,9-19)10-19)6-14(12)15-7-23-18(21)17(24-15)16-8-22-11-29-16/h2-3,6-8,11,25-26H,4-5,9-10H2,1H3,(H2,21,23)/i1D3. The lowest BCUT2D eigenvalue weighted by Gasteiger charge is -2.44. The third-order valence-electron chi connectivity index (χ3n) is 5.80. The van der Waals surface area contributed by atoms with E-state index in [4.69, 9.17) is 14.3 Å². The highest BCUT2D eigenvalue weighted by molar-refractivity contribution is 7.89. The first-order valence-corrected chi connectivity index (χ1v) is 10.8. The number of rotatable bonds is 5. The first kappa shape index (κ1) is 15.9. The van der Waals surface area contributed by atoms with Crippen LogP contribution in [0.2, 0.25) is 0 Å². The Hall–Kier alpha value is -2.82. The van der Waals surface area contributed by atoms with Gasteiger partial charge in [-0.05, 0) is 50.2 Å². The molecule has 0 spiro atoms. The van der Waals surface area contributed by atoms with Crippen LogP contribution in [0.4, 0.5) is 5.82 Å². The van der Waals surface area contributed by atoms with E-state index in [-0.39, 0.29) is 39.0 Å². The Balaban J connectivity index is 1.59. The number of nitrogens with zero attached hydrogens (tertiary/aromatic N) is 3. The predicted octanol–water partition coefficient (Wildman–Crippen LogP) is 2.03. The first-order valence-electron chi connectivity index (χ1n) is 10.8. The molecule has 3 aromatic rings. The zero-order valence-corrected chi connectivity index (χ0v) is 16.6. The highest BCUT2D eigenvalue weighted by Gasteiger charge is 2.61. The molecule has 3 saturated carbocycles. The lowest BCUT2D eigenvalue weighted by atomic mass is 9.74. The molecular weight excluding hydrogens is 406 g/mol. The molecule has 3 fully saturated rings. The number of hydrogen-bond acceptors (Lipinski definition) is 8. The summed E-state index contributed by atoms with van der Waals surface area (Å²) in [4.78, 5) is 12.2. The molecule has 4 N–H and O–H groups in total. The van der Waals surface area contributed by atoms with Gasteiger partial charge in [0.25, 0.3) is 0 Å². The number of aryl methyl sites for hydroxylation is 1. The van der Waals surface area contributed by atoms with Gasteiger partial charge in [0.15, 0.2) is 23.7 Å². The van der Waals surface area contributed by atoms with Gasteiger partial charge < -0.3 is 15.3 Å². The number of sulfonamides is 1. The average Bonchev–Trinajstić information content (AvgIpc) is 3.42. The molecule has 9 nitrogen and oxygen atoms in total. The second-order valence-corrected chi connectivity index (χ2v) is 9.71. The van der Waals surface area contributed by atoms with Crippen molar-refractivity contribution in [2.75, 3.05) is 5.73 Å². The van der Waals surface area contributed by atoms with Crippen LogP contribution >= 0.6 is 0 Å². The summed E-state index contributed by atoms with van der Waals surface area (Å²) in [5, 5.41) is 10.2. The van der Waals surface area contributed by atoms with Crippen LogP contribution in [-0.4, -0.2) is 39.6 Å². The Kier molecular flexibility index (Phi) is 3.37. The summed E-state index contributed by atoms with van der Waals surface area (Å²) in [6, 6.07) is 3.78. The van der Waals surface area contributed by atoms with E-state index in [0.29, 0.717) is 25.7 Å². The lowest BCUT2D eigenvalue weighted by molar-refractivity contribution is -0.0362. The van der Waals surface area contributed by atoms with Crippen LogP contribution < -0.4 is 10.5 Å². The van der Waals surface area contributed by atoms with Crippen molar-refractivity contribution in [3.63, 3.8) is 0 Å². The molecule has 0 aliphatic heterocycles. The van der Waals surface area contributed by atoms with Gasteiger partial charge in [0.2, 0.25) is 10.0 Å². The highest BCUT2D eigenvalue weighted by Crippen LogP contribution is 2.55. The van der Waals surface area contributed by atoms with E-state index in [0.717, 1.165) is 0 Å². The van der Waals surface area contributed by atoms with Crippen LogP contribution in [0.25, 0.3) is 22.7 Å². The number of aromatic nitrogens is 3. The van der Waals surface area contributed by atoms with Crippen molar-refractivity contribution in [3.05, 3.63) is 42.5 Å². The Bertz CT molecular complexity index is 1340. The van der Waals surface area contributed by atoms with Crippen LogP contribution in [0.5, 0.6) is 0 Å². The van der Waals surface area contributed by atoms with Gasteiger partial charge in [-0.3, -0.25) is 0 Å². The Morgan fingerprint density at radius 2 is 2.13 bits per heavy atom. The molecule has 2 bridgehead atoms. The molecule has 30 heavy (non-hydrogen) atoms. The van der Waals surface area contributed by atoms with Crippen molar-refractivity contribution in [3.8, 4) is 22.7 Å². The van der Waals surface area contributed by atoms with E-state index in [1.54, 1.807) is 0 Å². The van der Waals surface area contributed by atoms with Crippen LogP contribution in [0, 0.1) is 6.85 Å². The van der Waals surface area contributed by atoms with E-state index in [1.165, 1.54) is 37.0 Å². The van der Waals surface area contributed by atoms with Crippen molar-refractivity contribution < 1.29 is 22.1 Å². The number of oxazole rings is 1. The fourth-order valence-electron chi connectivity index (χ4n) is 4.45. The van der Waals surface area contributed by atoms with Gasteiger partial charge in [-0.25, -0.2) is 28.1 Å². The van der Waals surface area contributed by atoms with Gasteiger partial charge in [0, 0.05) is 15.2 Å². The van der Waals surface area contributed by atoms with Gasteiger partial charge >= 0.3 is 0 Å². The number of fused-ring (bicyclic) bond motifs is 1. The molecule has 0 radical (unpaired) electrons. The third kappa shape index (κ3) is 3.08. The Morgan fingerprint density at radius 3 is 2.80 bits per heavy atom. The summed E-state index contributed by atoms with van der Waals surface area (Å²) in [5.74, 6) is 0.287. The molecule has 1 aromatic carbocycles. The van der Waals surface area contributed by atoms with E-state index < -0.39 is 28.0 Å². The van der Waals surface area contributed by atoms with Gasteiger partial charge in [-0.15, -0.1) is 0 Å². The van der Waals surface area contributed by atoms with Gasteiger partial charge in [0.1, 0.15) is 0 Å². The number of aliphatic hydroxyl groups is 1. The van der Waals surface area contributed by atoms with Crippen molar-refractivity contribution in [2.45, 2.75) is 48.6 Å². The fourth-order valence-corrected chi connectivity index (χ4v) is 5.90. The minimum Gasteiger partial charge on any atom is -0.442 e. The number of nitrogen functional groups attached to an aromatic ring is 1.